The van der Waals surface area contributed by atoms with Crippen molar-refractivity contribution in [1.29, 1.82) is 0 Å². The maximum Gasteiger partial charge on any atom is 0.201 e. The van der Waals surface area contributed by atoms with Crippen molar-refractivity contribution in [2.24, 2.45) is 7.05 Å². The van der Waals surface area contributed by atoms with Crippen LogP contribution >= 0.6 is 0 Å². The highest BCUT2D eigenvalue weighted by molar-refractivity contribution is 5.97. The van der Waals surface area contributed by atoms with E-state index >= 15 is 0 Å². The minimum Gasteiger partial charge on any atom is -0.485 e. The lowest BCUT2D eigenvalue weighted by Crippen LogP contribution is -2.11. The monoisotopic (exact) mass is 247 g/mol. The van der Waals surface area contributed by atoms with E-state index in [1.807, 2.05) is 7.05 Å². The van der Waals surface area contributed by atoms with E-state index in [1.165, 1.54) is 18.2 Å². The molecule has 0 atom stereocenters. The maximum atomic E-state index is 12.9. The van der Waals surface area contributed by atoms with Gasteiger partial charge in [0.25, 0.3) is 0 Å². The van der Waals surface area contributed by atoms with Crippen molar-refractivity contribution >= 4 is 5.78 Å². The van der Waals surface area contributed by atoms with Crippen molar-refractivity contribution in [3.63, 3.8) is 0 Å². The highest BCUT2D eigenvalue weighted by Gasteiger charge is 2.09. The average molecular weight is 247 g/mol. The second-order valence-electron chi connectivity index (χ2n) is 4.19. The van der Waals surface area contributed by atoms with Crippen LogP contribution in [-0.2, 0) is 7.05 Å². The number of nitrogens with zero attached hydrogens (tertiary/aromatic N) is 1. The third-order valence-electron chi connectivity index (χ3n) is 2.65. The molecule has 3 nitrogen and oxygen atoms in total. The number of hydrogen-bond donors (Lipinski definition) is 0. The normalized spacial score (nSPS) is 10.4. The summed E-state index contributed by atoms with van der Waals surface area (Å²) in [5.41, 5.74) is 1.29. The molecule has 2 rings (SSSR count). The molecule has 0 spiro atoms. The zero-order valence-electron chi connectivity index (χ0n) is 10.3. The summed E-state index contributed by atoms with van der Waals surface area (Å²) in [5, 5.41) is 0. The van der Waals surface area contributed by atoms with Crippen LogP contribution in [0, 0.1) is 12.7 Å². The molecular weight excluding hydrogens is 233 g/mol. The zero-order chi connectivity index (χ0) is 13.1. The second kappa shape index (κ2) is 5.04. The number of halogens is 1. The number of aryl methyl sites for hydroxylation is 2. The highest BCUT2D eigenvalue weighted by Crippen LogP contribution is 2.18. The van der Waals surface area contributed by atoms with E-state index < -0.39 is 0 Å². The molecule has 0 fully saturated rings. The van der Waals surface area contributed by atoms with Gasteiger partial charge in [0.1, 0.15) is 11.6 Å². The number of Topliss-reactive ketones (excluding diaryl/α,β-unsaturated/α-hetero) is 1. The van der Waals surface area contributed by atoms with Gasteiger partial charge in [-0.25, -0.2) is 4.39 Å². The Morgan fingerprint density at radius 3 is 2.78 bits per heavy atom. The van der Waals surface area contributed by atoms with Gasteiger partial charge in [-0.2, -0.15) is 0 Å². The van der Waals surface area contributed by atoms with Crippen molar-refractivity contribution in [1.82, 2.24) is 4.57 Å². The largest absolute Gasteiger partial charge is 0.485 e. The predicted molar refractivity (Wildman–Crippen MR) is 66.4 cm³/mol. The number of benzene rings is 1. The van der Waals surface area contributed by atoms with Gasteiger partial charge in [-0.1, -0.05) is 0 Å². The first-order chi connectivity index (χ1) is 8.56. The first-order valence-electron chi connectivity index (χ1n) is 5.60. The molecule has 0 unspecified atom stereocenters. The van der Waals surface area contributed by atoms with E-state index in [-0.39, 0.29) is 18.2 Å². The molecule has 0 aliphatic heterocycles. The Kier molecular flexibility index (Phi) is 3.46. The van der Waals surface area contributed by atoms with Crippen molar-refractivity contribution < 1.29 is 13.9 Å². The lowest BCUT2D eigenvalue weighted by molar-refractivity contribution is 0.0921. The molecule has 4 heteroatoms. The Hall–Kier alpha value is -2.10. The van der Waals surface area contributed by atoms with Crippen LogP contribution in [0.2, 0.25) is 0 Å². The molecule has 1 heterocycles. The SMILES string of the molecule is Cc1cc(F)ccc1OCC(=O)c1ccn(C)c1. The fourth-order valence-electron chi connectivity index (χ4n) is 1.67. The van der Waals surface area contributed by atoms with Gasteiger partial charge in [-0.05, 0) is 36.8 Å². The fourth-order valence-corrected chi connectivity index (χ4v) is 1.67. The summed E-state index contributed by atoms with van der Waals surface area (Å²) in [6, 6.07) is 5.96. The standard InChI is InChI=1S/C14H14FNO2/c1-10-7-12(15)3-4-14(10)18-9-13(17)11-5-6-16(2)8-11/h3-8H,9H2,1-2H3. The highest BCUT2D eigenvalue weighted by atomic mass is 19.1. The van der Waals surface area contributed by atoms with Gasteiger partial charge >= 0.3 is 0 Å². The van der Waals surface area contributed by atoms with E-state index in [0.29, 0.717) is 16.9 Å². The molecule has 1 aromatic carbocycles. The predicted octanol–water partition coefficient (Wildman–Crippen LogP) is 2.73. The van der Waals surface area contributed by atoms with E-state index in [4.69, 9.17) is 4.74 Å². The lowest BCUT2D eigenvalue weighted by atomic mass is 10.2. The van der Waals surface area contributed by atoms with Crippen LogP contribution in [0.15, 0.2) is 36.7 Å². The fraction of sp³-hybridized carbons (Fsp3) is 0.214. The number of ketones is 1. The number of carbonyl (C=O) groups excluding carboxylic acids is 1. The Bertz CT molecular complexity index is 575. The maximum absolute atomic E-state index is 12.9. The van der Waals surface area contributed by atoms with Crippen molar-refractivity contribution in [2.45, 2.75) is 6.92 Å². The van der Waals surface area contributed by atoms with Crippen LogP contribution in [0.1, 0.15) is 15.9 Å². The summed E-state index contributed by atoms with van der Waals surface area (Å²) in [6.07, 6.45) is 3.54. The van der Waals surface area contributed by atoms with Crippen molar-refractivity contribution in [3.05, 3.63) is 53.6 Å². The summed E-state index contributed by atoms with van der Waals surface area (Å²) >= 11 is 0. The number of hydrogen-bond acceptors (Lipinski definition) is 2. The Morgan fingerprint density at radius 2 is 2.17 bits per heavy atom. The Labute approximate surface area is 105 Å². The van der Waals surface area contributed by atoms with Crippen LogP contribution in [-0.4, -0.2) is 17.0 Å². The van der Waals surface area contributed by atoms with E-state index in [1.54, 1.807) is 30.0 Å². The molecule has 18 heavy (non-hydrogen) atoms. The molecule has 0 amide bonds. The number of rotatable bonds is 4. The summed E-state index contributed by atoms with van der Waals surface area (Å²) in [7, 11) is 1.85. The minimum absolute atomic E-state index is 0.0452. The van der Waals surface area contributed by atoms with Gasteiger partial charge in [-0.3, -0.25) is 4.79 Å². The summed E-state index contributed by atoms with van der Waals surface area (Å²) in [6.45, 7) is 1.70. The molecule has 0 radical (unpaired) electrons. The molecule has 1 aromatic heterocycles. The molecule has 0 saturated heterocycles. The van der Waals surface area contributed by atoms with Gasteiger partial charge in [0, 0.05) is 25.0 Å². The van der Waals surface area contributed by atoms with Gasteiger partial charge in [0.15, 0.2) is 6.61 Å². The van der Waals surface area contributed by atoms with Crippen LogP contribution in [0.3, 0.4) is 0 Å². The zero-order valence-corrected chi connectivity index (χ0v) is 10.3. The van der Waals surface area contributed by atoms with Gasteiger partial charge < -0.3 is 9.30 Å². The van der Waals surface area contributed by atoms with Crippen LogP contribution in [0.25, 0.3) is 0 Å². The third-order valence-corrected chi connectivity index (χ3v) is 2.65. The third kappa shape index (κ3) is 2.77. The number of aromatic nitrogens is 1. The summed E-state index contributed by atoms with van der Waals surface area (Å²) < 4.78 is 20.1. The lowest BCUT2D eigenvalue weighted by Gasteiger charge is -2.07. The van der Waals surface area contributed by atoms with E-state index in [2.05, 4.69) is 0 Å². The molecule has 0 N–H and O–H groups in total. The molecule has 0 aliphatic carbocycles. The van der Waals surface area contributed by atoms with Crippen LogP contribution in [0.4, 0.5) is 4.39 Å². The second-order valence-corrected chi connectivity index (χ2v) is 4.19. The number of ether oxygens (including phenoxy) is 1. The average Bonchev–Trinajstić information content (AvgIpc) is 2.74. The van der Waals surface area contributed by atoms with Crippen LogP contribution in [0.5, 0.6) is 5.75 Å². The van der Waals surface area contributed by atoms with Crippen molar-refractivity contribution in [3.8, 4) is 5.75 Å². The molecule has 94 valence electrons. The molecule has 0 bridgehead atoms. The van der Waals surface area contributed by atoms with E-state index in [0.717, 1.165) is 0 Å². The number of carbonyl (C=O) groups is 1. The smallest absolute Gasteiger partial charge is 0.201 e. The first-order valence-corrected chi connectivity index (χ1v) is 5.60. The summed E-state index contributed by atoms with van der Waals surface area (Å²) in [4.78, 5) is 11.8. The molecule has 0 saturated carbocycles. The Morgan fingerprint density at radius 1 is 1.39 bits per heavy atom. The molecular formula is C14H14FNO2. The Balaban J connectivity index is 2.01. The van der Waals surface area contributed by atoms with Gasteiger partial charge in [0.05, 0.1) is 0 Å². The van der Waals surface area contributed by atoms with Gasteiger partial charge in [-0.15, -0.1) is 0 Å². The first kappa shape index (κ1) is 12.4. The summed E-state index contributed by atoms with van der Waals surface area (Å²) in [5.74, 6) is 0.120. The minimum atomic E-state index is -0.311. The topological polar surface area (TPSA) is 31.2 Å². The van der Waals surface area contributed by atoms with E-state index in [9.17, 15) is 9.18 Å². The van der Waals surface area contributed by atoms with Gasteiger partial charge in [0.2, 0.25) is 5.78 Å². The van der Waals surface area contributed by atoms with Crippen LogP contribution < -0.4 is 4.74 Å². The molecule has 0 aliphatic rings. The van der Waals surface area contributed by atoms with Crippen molar-refractivity contribution in [2.75, 3.05) is 6.61 Å². The quantitative estimate of drug-likeness (QED) is 0.778. The molecule has 2 aromatic rings.